The average molecular weight is 184 g/mol. The number of pyridine rings is 1. The molecule has 12 heavy (non-hydrogen) atoms. The summed E-state index contributed by atoms with van der Waals surface area (Å²) < 4.78 is 15.6. The number of hydrogen-bond acceptors (Lipinski definition) is 3. The van der Waals surface area contributed by atoms with Crippen molar-refractivity contribution in [2.45, 2.75) is 11.8 Å². The Morgan fingerprint density at radius 3 is 2.75 bits per heavy atom. The van der Waals surface area contributed by atoms with Crippen molar-refractivity contribution in [2.75, 3.05) is 13.3 Å². The Kier molecular flexibility index (Phi) is 2.47. The number of aromatic nitrogens is 1. The Bertz CT molecular complexity index is 392. The second kappa shape index (κ2) is 3.23. The SMILES string of the molecule is CN=S(C)(=O)c1cccnc1C. The van der Waals surface area contributed by atoms with Crippen LogP contribution in [0.2, 0.25) is 0 Å². The van der Waals surface area contributed by atoms with Crippen molar-refractivity contribution in [3.05, 3.63) is 24.0 Å². The van der Waals surface area contributed by atoms with Crippen LogP contribution in [0.5, 0.6) is 0 Å². The summed E-state index contributed by atoms with van der Waals surface area (Å²) >= 11 is 0. The van der Waals surface area contributed by atoms with Crippen LogP contribution in [0.1, 0.15) is 5.69 Å². The molecule has 1 aromatic heterocycles. The summed E-state index contributed by atoms with van der Waals surface area (Å²) in [5.74, 6) is 0. The van der Waals surface area contributed by atoms with Gasteiger partial charge in [0.1, 0.15) is 0 Å². The third kappa shape index (κ3) is 1.64. The Hall–Kier alpha value is -0.900. The van der Waals surface area contributed by atoms with E-state index in [1.165, 1.54) is 0 Å². The molecule has 0 fully saturated rings. The summed E-state index contributed by atoms with van der Waals surface area (Å²) in [6.07, 6.45) is 3.31. The van der Waals surface area contributed by atoms with Gasteiger partial charge >= 0.3 is 0 Å². The maximum atomic E-state index is 11.8. The van der Waals surface area contributed by atoms with Gasteiger partial charge in [0.2, 0.25) is 0 Å². The molecule has 0 saturated carbocycles. The number of hydrogen-bond donors (Lipinski definition) is 0. The summed E-state index contributed by atoms with van der Waals surface area (Å²) in [7, 11) is -0.652. The monoisotopic (exact) mass is 184 g/mol. The highest BCUT2D eigenvalue weighted by Crippen LogP contribution is 2.12. The van der Waals surface area contributed by atoms with Gasteiger partial charge in [0.25, 0.3) is 0 Å². The number of aryl methyl sites for hydroxylation is 1. The zero-order chi connectivity index (χ0) is 9.19. The fourth-order valence-electron chi connectivity index (χ4n) is 0.968. The summed E-state index contributed by atoms with van der Waals surface area (Å²) in [5, 5.41) is 0. The summed E-state index contributed by atoms with van der Waals surface area (Å²) in [6, 6.07) is 3.58. The molecule has 0 aliphatic carbocycles. The predicted octanol–water partition coefficient (Wildman–Crippen LogP) is 1.48. The molecule has 1 aromatic rings. The lowest BCUT2D eigenvalue weighted by Crippen LogP contribution is -2.00. The molecule has 0 bridgehead atoms. The van der Waals surface area contributed by atoms with E-state index in [1.54, 1.807) is 31.6 Å². The minimum atomic E-state index is -2.22. The third-order valence-corrected chi connectivity index (χ3v) is 3.66. The Labute approximate surface area is 73.0 Å². The standard InChI is InChI=1S/C8H12N2OS/c1-7-8(5-4-6-10-7)12(3,11)9-2/h4-6H,1-3H3. The zero-order valence-electron chi connectivity index (χ0n) is 7.44. The van der Waals surface area contributed by atoms with Crippen LogP contribution in [0.25, 0.3) is 0 Å². The van der Waals surface area contributed by atoms with Crippen LogP contribution in [0, 0.1) is 6.92 Å². The normalized spacial score (nSPS) is 15.2. The van der Waals surface area contributed by atoms with Crippen molar-refractivity contribution in [2.24, 2.45) is 4.36 Å². The Morgan fingerprint density at radius 1 is 1.58 bits per heavy atom. The van der Waals surface area contributed by atoms with E-state index in [0.29, 0.717) is 0 Å². The molecule has 4 heteroatoms. The molecule has 1 unspecified atom stereocenters. The Morgan fingerprint density at radius 2 is 2.25 bits per heavy atom. The molecule has 0 spiro atoms. The first-order valence-electron chi connectivity index (χ1n) is 3.60. The highest BCUT2D eigenvalue weighted by Gasteiger charge is 2.07. The van der Waals surface area contributed by atoms with E-state index in [-0.39, 0.29) is 0 Å². The third-order valence-electron chi connectivity index (χ3n) is 1.71. The molecule has 0 aliphatic rings. The van der Waals surface area contributed by atoms with Crippen molar-refractivity contribution in [3.8, 4) is 0 Å². The van der Waals surface area contributed by atoms with Crippen LogP contribution in [0.15, 0.2) is 27.6 Å². The molecule has 1 heterocycles. The lowest BCUT2D eigenvalue weighted by molar-refractivity contribution is 0.679. The first-order valence-corrected chi connectivity index (χ1v) is 5.52. The summed E-state index contributed by atoms with van der Waals surface area (Å²) in [5.41, 5.74) is 0.788. The van der Waals surface area contributed by atoms with E-state index < -0.39 is 9.73 Å². The number of nitrogens with zero attached hydrogens (tertiary/aromatic N) is 2. The minimum absolute atomic E-state index is 0.729. The van der Waals surface area contributed by atoms with Gasteiger partial charge in [0.05, 0.1) is 20.3 Å². The summed E-state index contributed by atoms with van der Waals surface area (Å²) in [6.45, 7) is 1.84. The van der Waals surface area contributed by atoms with Gasteiger partial charge in [0, 0.05) is 19.5 Å². The molecule has 1 atom stereocenters. The van der Waals surface area contributed by atoms with Crippen molar-refractivity contribution in [3.63, 3.8) is 0 Å². The van der Waals surface area contributed by atoms with Crippen molar-refractivity contribution >= 4 is 9.73 Å². The quantitative estimate of drug-likeness (QED) is 0.663. The first-order chi connectivity index (χ1) is 5.58. The van der Waals surface area contributed by atoms with Crippen molar-refractivity contribution < 1.29 is 4.21 Å². The van der Waals surface area contributed by atoms with Crippen LogP contribution in [0.3, 0.4) is 0 Å². The van der Waals surface area contributed by atoms with E-state index in [2.05, 4.69) is 9.35 Å². The van der Waals surface area contributed by atoms with Gasteiger partial charge in [-0.05, 0) is 19.1 Å². The van der Waals surface area contributed by atoms with Crippen LogP contribution in [0.4, 0.5) is 0 Å². The van der Waals surface area contributed by atoms with Crippen LogP contribution in [-0.4, -0.2) is 22.5 Å². The van der Waals surface area contributed by atoms with Crippen LogP contribution >= 0.6 is 0 Å². The van der Waals surface area contributed by atoms with Gasteiger partial charge < -0.3 is 0 Å². The minimum Gasteiger partial charge on any atom is -0.260 e. The molecule has 0 N–H and O–H groups in total. The maximum absolute atomic E-state index is 11.8. The smallest absolute Gasteiger partial charge is 0.0738 e. The molecular formula is C8H12N2OS. The summed E-state index contributed by atoms with van der Waals surface area (Å²) in [4.78, 5) is 4.78. The molecule has 0 amide bonds. The molecule has 0 aliphatic heterocycles. The average Bonchev–Trinajstić information content (AvgIpc) is 2.05. The molecule has 0 saturated heterocycles. The first kappa shape index (κ1) is 9.19. The molecule has 0 aromatic carbocycles. The van der Waals surface area contributed by atoms with Crippen LogP contribution in [-0.2, 0) is 9.73 Å². The second-order valence-electron chi connectivity index (χ2n) is 2.57. The highest BCUT2D eigenvalue weighted by atomic mass is 32.2. The fraction of sp³-hybridized carbons (Fsp3) is 0.375. The van der Waals surface area contributed by atoms with E-state index >= 15 is 0 Å². The largest absolute Gasteiger partial charge is 0.260 e. The van der Waals surface area contributed by atoms with E-state index in [1.807, 2.05) is 6.92 Å². The molecule has 1 rings (SSSR count). The fourth-order valence-corrected chi connectivity index (χ4v) is 2.10. The predicted molar refractivity (Wildman–Crippen MR) is 49.7 cm³/mol. The molecular weight excluding hydrogens is 172 g/mol. The van der Waals surface area contributed by atoms with Gasteiger partial charge in [0.15, 0.2) is 0 Å². The van der Waals surface area contributed by atoms with E-state index in [0.717, 1.165) is 10.6 Å². The maximum Gasteiger partial charge on any atom is 0.0738 e. The van der Waals surface area contributed by atoms with Crippen molar-refractivity contribution in [1.29, 1.82) is 0 Å². The van der Waals surface area contributed by atoms with Gasteiger partial charge in [-0.15, -0.1) is 0 Å². The zero-order valence-corrected chi connectivity index (χ0v) is 8.26. The lowest BCUT2D eigenvalue weighted by atomic mass is 10.4. The highest BCUT2D eigenvalue weighted by molar-refractivity contribution is 7.93. The van der Waals surface area contributed by atoms with Gasteiger partial charge in [-0.25, -0.2) is 8.57 Å². The van der Waals surface area contributed by atoms with E-state index in [9.17, 15) is 4.21 Å². The van der Waals surface area contributed by atoms with Crippen molar-refractivity contribution in [1.82, 2.24) is 4.98 Å². The Balaban J connectivity index is 3.40. The van der Waals surface area contributed by atoms with Gasteiger partial charge in [-0.1, -0.05) is 0 Å². The van der Waals surface area contributed by atoms with Gasteiger partial charge in [-0.2, -0.15) is 0 Å². The molecule has 66 valence electrons. The molecule has 3 nitrogen and oxygen atoms in total. The topological polar surface area (TPSA) is 42.3 Å². The van der Waals surface area contributed by atoms with Crippen LogP contribution < -0.4 is 0 Å². The van der Waals surface area contributed by atoms with Gasteiger partial charge in [-0.3, -0.25) is 4.98 Å². The lowest BCUT2D eigenvalue weighted by Gasteiger charge is -2.04. The second-order valence-corrected chi connectivity index (χ2v) is 4.98. The number of rotatable bonds is 1. The molecule has 0 radical (unpaired) electrons. The van der Waals surface area contributed by atoms with E-state index in [4.69, 9.17) is 0 Å².